The zero-order chi connectivity index (χ0) is 21.3. The number of aryl methyl sites for hydroxylation is 1. The van der Waals surface area contributed by atoms with Crippen molar-refractivity contribution < 1.29 is 9.72 Å². The van der Waals surface area contributed by atoms with E-state index in [4.69, 9.17) is 0 Å². The predicted octanol–water partition coefficient (Wildman–Crippen LogP) is 4.94. The molecule has 152 valence electrons. The first-order chi connectivity index (χ1) is 14.5. The van der Waals surface area contributed by atoms with Crippen LogP contribution >= 0.6 is 11.3 Å². The lowest BCUT2D eigenvalue weighted by molar-refractivity contribution is -0.384. The van der Waals surface area contributed by atoms with Crippen LogP contribution < -0.4 is 0 Å². The first kappa shape index (κ1) is 19.8. The predicted molar refractivity (Wildman–Crippen MR) is 117 cm³/mol. The zero-order valence-electron chi connectivity index (χ0n) is 16.6. The molecule has 1 amide bonds. The van der Waals surface area contributed by atoms with Crippen molar-refractivity contribution in [2.45, 2.75) is 20.4 Å². The number of imidazole rings is 1. The van der Waals surface area contributed by atoms with E-state index >= 15 is 0 Å². The minimum atomic E-state index is -0.421. The Morgan fingerprint density at radius 2 is 1.97 bits per heavy atom. The number of fused-ring (bicyclic) bond motifs is 1. The second kappa shape index (κ2) is 8.08. The lowest BCUT2D eigenvalue weighted by Crippen LogP contribution is -2.30. The van der Waals surface area contributed by atoms with E-state index in [1.54, 1.807) is 12.1 Å². The Hall–Kier alpha value is -3.52. The SMILES string of the molecule is CCN(Cc1ccccc1)C(=O)c1sc2nc(-c3cccc([N+](=O)[O-])c3)cn2c1C. The second-order valence-electron chi connectivity index (χ2n) is 6.91. The summed E-state index contributed by atoms with van der Waals surface area (Å²) in [4.78, 5) is 31.5. The molecule has 0 bridgehead atoms. The summed E-state index contributed by atoms with van der Waals surface area (Å²) in [5, 5.41) is 11.0. The number of hydrogen-bond donors (Lipinski definition) is 0. The molecule has 0 aliphatic rings. The maximum Gasteiger partial charge on any atom is 0.270 e. The quantitative estimate of drug-likeness (QED) is 0.327. The van der Waals surface area contributed by atoms with Gasteiger partial charge in [-0.05, 0) is 19.4 Å². The number of carbonyl (C=O) groups is 1. The van der Waals surface area contributed by atoms with Crippen LogP contribution in [-0.4, -0.2) is 31.7 Å². The number of benzene rings is 2. The van der Waals surface area contributed by atoms with Crippen molar-refractivity contribution in [3.05, 3.63) is 87.0 Å². The molecule has 0 aliphatic heterocycles. The summed E-state index contributed by atoms with van der Waals surface area (Å²) >= 11 is 1.34. The minimum absolute atomic E-state index is 0.0220. The van der Waals surface area contributed by atoms with E-state index < -0.39 is 4.92 Å². The van der Waals surface area contributed by atoms with Crippen molar-refractivity contribution in [3.63, 3.8) is 0 Å². The van der Waals surface area contributed by atoms with Gasteiger partial charge < -0.3 is 4.90 Å². The van der Waals surface area contributed by atoms with Crippen LogP contribution in [0.4, 0.5) is 5.69 Å². The largest absolute Gasteiger partial charge is 0.334 e. The van der Waals surface area contributed by atoms with Gasteiger partial charge >= 0.3 is 0 Å². The van der Waals surface area contributed by atoms with E-state index in [2.05, 4.69) is 4.98 Å². The van der Waals surface area contributed by atoms with E-state index in [1.165, 1.54) is 23.5 Å². The topological polar surface area (TPSA) is 80.8 Å². The summed E-state index contributed by atoms with van der Waals surface area (Å²) in [5.41, 5.74) is 3.24. The molecule has 0 radical (unpaired) electrons. The smallest absolute Gasteiger partial charge is 0.270 e. The summed E-state index contributed by atoms with van der Waals surface area (Å²) in [7, 11) is 0. The number of hydrogen-bond acceptors (Lipinski definition) is 5. The molecular formula is C22H20N4O3S. The summed E-state index contributed by atoms with van der Waals surface area (Å²) in [6, 6.07) is 16.3. The minimum Gasteiger partial charge on any atom is -0.334 e. The van der Waals surface area contributed by atoms with Gasteiger partial charge in [-0.3, -0.25) is 19.3 Å². The van der Waals surface area contributed by atoms with E-state index in [-0.39, 0.29) is 11.6 Å². The van der Waals surface area contributed by atoms with Crippen LogP contribution in [0.25, 0.3) is 16.2 Å². The highest BCUT2D eigenvalue weighted by molar-refractivity contribution is 7.19. The molecule has 0 atom stereocenters. The number of nitro groups is 1. The first-order valence-corrected chi connectivity index (χ1v) is 10.4. The molecule has 4 rings (SSSR count). The first-order valence-electron chi connectivity index (χ1n) is 9.54. The Labute approximate surface area is 177 Å². The normalized spacial score (nSPS) is 11.0. The van der Waals surface area contributed by atoms with Gasteiger partial charge in [0.15, 0.2) is 4.96 Å². The molecule has 30 heavy (non-hydrogen) atoms. The third-order valence-electron chi connectivity index (χ3n) is 4.99. The van der Waals surface area contributed by atoms with E-state index in [0.717, 1.165) is 11.3 Å². The maximum absolute atomic E-state index is 13.2. The van der Waals surface area contributed by atoms with Gasteiger partial charge in [0, 0.05) is 42.7 Å². The Kier molecular flexibility index (Phi) is 5.33. The van der Waals surface area contributed by atoms with E-state index in [1.807, 2.05) is 59.7 Å². The average molecular weight is 420 g/mol. The number of non-ortho nitro benzene ring substituents is 1. The van der Waals surface area contributed by atoms with E-state index in [9.17, 15) is 14.9 Å². The van der Waals surface area contributed by atoms with Gasteiger partial charge in [-0.25, -0.2) is 4.98 Å². The molecule has 0 spiro atoms. The Balaban J connectivity index is 1.64. The molecule has 0 saturated heterocycles. The monoisotopic (exact) mass is 420 g/mol. The van der Waals surface area contributed by atoms with Crippen molar-refractivity contribution in [2.75, 3.05) is 6.54 Å². The zero-order valence-corrected chi connectivity index (χ0v) is 17.4. The summed E-state index contributed by atoms with van der Waals surface area (Å²) in [6.07, 6.45) is 1.82. The number of amides is 1. The third-order valence-corrected chi connectivity index (χ3v) is 6.13. The number of nitrogens with zero attached hydrogens (tertiary/aromatic N) is 4. The van der Waals surface area contributed by atoms with Crippen molar-refractivity contribution in [1.82, 2.24) is 14.3 Å². The van der Waals surface area contributed by atoms with E-state index in [0.29, 0.717) is 34.2 Å². The molecule has 0 saturated carbocycles. The van der Waals surface area contributed by atoms with Crippen LogP contribution in [0, 0.1) is 17.0 Å². The summed E-state index contributed by atoms with van der Waals surface area (Å²) < 4.78 is 1.88. The van der Waals surface area contributed by atoms with Gasteiger partial charge in [-0.15, -0.1) is 0 Å². The lowest BCUT2D eigenvalue weighted by atomic mass is 10.1. The van der Waals surface area contributed by atoms with Crippen LogP contribution in [0.1, 0.15) is 27.9 Å². The number of aromatic nitrogens is 2. The molecule has 0 aliphatic carbocycles. The molecule has 2 aromatic heterocycles. The Morgan fingerprint density at radius 3 is 2.63 bits per heavy atom. The Bertz CT molecular complexity index is 1230. The highest BCUT2D eigenvalue weighted by Gasteiger charge is 2.22. The third kappa shape index (κ3) is 3.69. The molecule has 4 aromatic rings. The molecule has 8 heteroatoms. The average Bonchev–Trinajstić information content (AvgIpc) is 3.32. The molecule has 0 N–H and O–H groups in total. The summed E-state index contributed by atoms with van der Waals surface area (Å²) in [6.45, 7) is 5.02. The highest BCUT2D eigenvalue weighted by atomic mass is 32.1. The van der Waals surface area contributed by atoms with Gasteiger partial charge in [-0.2, -0.15) is 0 Å². The molecule has 7 nitrogen and oxygen atoms in total. The van der Waals surface area contributed by atoms with Gasteiger partial charge in [0.1, 0.15) is 4.88 Å². The standard InChI is InChI=1S/C22H20N4O3S/c1-3-24(13-16-8-5-4-6-9-16)21(27)20-15(2)25-14-19(23-22(25)30-20)17-10-7-11-18(12-17)26(28)29/h4-12,14H,3,13H2,1-2H3. The molecule has 2 aromatic carbocycles. The van der Waals surface area contributed by atoms with Crippen LogP contribution in [0.3, 0.4) is 0 Å². The maximum atomic E-state index is 13.2. The van der Waals surface area contributed by atoms with Gasteiger partial charge in [0.05, 0.1) is 10.6 Å². The van der Waals surface area contributed by atoms with Gasteiger partial charge in [-0.1, -0.05) is 53.8 Å². The lowest BCUT2D eigenvalue weighted by Gasteiger charge is -2.20. The second-order valence-corrected chi connectivity index (χ2v) is 7.89. The van der Waals surface area contributed by atoms with Crippen LogP contribution in [0.15, 0.2) is 60.8 Å². The van der Waals surface area contributed by atoms with Gasteiger partial charge in [0.25, 0.3) is 11.6 Å². The molecule has 0 fully saturated rings. The van der Waals surface area contributed by atoms with Crippen molar-refractivity contribution >= 4 is 27.9 Å². The fourth-order valence-corrected chi connectivity index (χ4v) is 4.42. The molecule has 0 unspecified atom stereocenters. The van der Waals surface area contributed by atoms with Crippen molar-refractivity contribution in [1.29, 1.82) is 0 Å². The van der Waals surface area contributed by atoms with Gasteiger partial charge in [0.2, 0.25) is 0 Å². The van der Waals surface area contributed by atoms with Crippen LogP contribution in [-0.2, 0) is 6.54 Å². The number of carbonyl (C=O) groups excluding carboxylic acids is 1. The fourth-order valence-electron chi connectivity index (χ4n) is 3.34. The van der Waals surface area contributed by atoms with Crippen LogP contribution in [0.2, 0.25) is 0 Å². The molecule has 2 heterocycles. The van der Waals surface area contributed by atoms with Crippen molar-refractivity contribution in [2.24, 2.45) is 0 Å². The highest BCUT2D eigenvalue weighted by Crippen LogP contribution is 2.29. The number of rotatable bonds is 6. The fraction of sp³-hybridized carbons (Fsp3) is 0.182. The van der Waals surface area contributed by atoms with Crippen LogP contribution in [0.5, 0.6) is 0 Å². The summed E-state index contributed by atoms with van der Waals surface area (Å²) in [5.74, 6) is -0.0220. The number of nitro benzene ring substituents is 1. The Morgan fingerprint density at radius 1 is 1.20 bits per heavy atom. The van der Waals surface area contributed by atoms with Crippen molar-refractivity contribution in [3.8, 4) is 11.3 Å². The molecular weight excluding hydrogens is 400 g/mol. The number of thiazole rings is 1.